The molecule has 1 rings (SSSR count). The molecule has 0 radical (unpaired) electrons. The molecule has 0 aromatic rings. The minimum absolute atomic E-state index is 0.237. The molecule has 0 atom stereocenters. The smallest absolute Gasteiger partial charge is 0.333 e. The third-order valence-electron chi connectivity index (χ3n) is 3.97. The van der Waals surface area contributed by atoms with Crippen LogP contribution in [0.25, 0.3) is 0 Å². The summed E-state index contributed by atoms with van der Waals surface area (Å²) in [5.74, 6) is -0.813. The summed E-state index contributed by atoms with van der Waals surface area (Å²) < 4.78 is 17.1. The molecule has 0 unspecified atom stereocenters. The summed E-state index contributed by atoms with van der Waals surface area (Å²) in [5, 5.41) is 0. The second-order valence-corrected chi connectivity index (χ2v) is 5.41. The van der Waals surface area contributed by atoms with Gasteiger partial charge < -0.3 is 14.2 Å². The molecule has 0 spiro atoms. The van der Waals surface area contributed by atoms with Crippen molar-refractivity contribution in [3.05, 3.63) is 12.2 Å². The van der Waals surface area contributed by atoms with Crippen molar-refractivity contribution in [1.29, 1.82) is 0 Å². The number of hydrogen-bond donors (Lipinski definition) is 0. The fourth-order valence-corrected chi connectivity index (χ4v) is 2.04. The maximum Gasteiger partial charge on any atom is 0.333 e. The van der Waals surface area contributed by atoms with Crippen molar-refractivity contribution < 1.29 is 19.0 Å². The first-order valence-electron chi connectivity index (χ1n) is 7.03. The highest BCUT2D eigenvalue weighted by molar-refractivity contribution is 5.86. The first-order valence-corrected chi connectivity index (χ1v) is 7.03. The van der Waals surface area contributed by atoms with Crippen LogP contribution in [0.5, 0.6) is 0 Å². The minimum Gasteiger partial charge on any atom is -0.462 e. The van der Waals surface area contributed by atoms with Gasteiger partial charge in [0.1, 0.15) is 6.61 Å². The molecular formula is C15H26O4. The third kappa shape index (κ3) is 3.80. The lowest BCUT2D eigenvalue weighted by atomic mass is 9.86. The molecule has 4 nitrogen and oxygen atoms in total. The van der Waals surface area contributed by atoms with Gasteiger partial charge >= 0.3 is 5.97 Å². The second kappa shape index (κ2) is 6.53. The van der Waals surface area contributed by atoms with Gasteiger partial charge in [0.25, 0.3) is 0 Å². The van der Waals surface area contributed by atoms with E-state index in [1.807, 2.05) is 0 Å². The van der Waals surface area contributed by atoms with Crippen LogP contribution in [0.3, 0.4) is 0 Å². The highest BCUT2D eigenvalue weighted by Gasteiger charge is 2.42. The Morgan fingerprint density at radius 3 is 2.05 bits per heavy atom. The predicted molar refractivity (Wildman–Crippen MR) is 73.7 cm³/mol. The Bertz CT molecular complexity index is 321. The summed E-state index contributed by atoms with van der Waals surface area (Å²) in [6.45, 7) is 12.9. The first-order chi connectivity index (χ1) is 8.92. The molecule has 0 aromatic carbocycles. The molecule has 0 aromatic heterocycles. The zero-order chi connectivity index (χ0) is 14.5. The third-order valence-corrected chi connectivity index (χ3v) is 3.97. The first kappa shape index (κ1) is 16.2. The SMILES string of the molecule is C=C(C)C(=O)OCC1(CC)COC(CC)(CC)OC1. The summed E-state index contributed by atoms with van der Waals surface area (Å²) in [6.07, 6.45) is 2.50. The molecule has 110 valence electrons. The van der Waals surface area contributed by atoms with Gasteiger partial charge in [-0.3, -0.25) is 0 Å². The van der Waals surface area contributed by atoms with Crippen LogP contribution in [0, 0.1) is 5.41 Å². The molecule has 0 saturated carbocycles. The number of ether oxygens (including phenoxy) is 3. The van der Waals surface area contributed by atoms with Crippen molar-refractivity contribution in [3.63, 3.8) is 0 Å². The molecule has 19 heavy (non-hydrogen) atoms. The molecular weight excluding hydrogens is 244 g/mol. The quantitative estimate of drug-likeness (QED) is 0.549. The van der Waals surface area contributed by atoms with Crippen molar-refractivity contribution in [3.8, 4) is 0 Å². The molecule has 1 heterocycles. The molecule has 0 N–H and O–H groups in total. The maximum atomic E-state index is 11.5. The Balaban J connectivity index is 2.60. The summed E-state index contributed by atoms with van der Waals surface area (Å²) in [4.78, 5) is 11.5. The Kier molecular flexibility index (Phi) is 5.56. The maximum absolute atomic E-state index is 11.5. The monoisotopic (exact) mass is 270 g/mol. The van der Waals surface area contributed by atoms with Crippen molar-refractivity contribution in [1.82, 2.24) is 0 Å². The van der Waals surface area contributed by atoms with Crippen LogP contribution in [0.2, 0.25) is 0 Å². The Morgan fingerprint density at radius 1 is 1.16 bits per heavy atom. The molecule has 1 aliphatic rings. The molecule has 0 amide bonds. The minimum atomic E-state index is -0.461. The molecule has 1 aliphatic heterocycles. The van der Waals surface area contributed by atoms with E-state index in [0.29, 0.717) is 25.4 Å². The van der Waals surface area contributed by atoms with Gasteiger partial charge in [-0.25, -0.2) is 4.79 Å². The van der Waals surface area contributed by atoms with Gasteiger partial charge in [-0.15, -0.1) is 0 Å². The summed E-state index contributed by atoms with van der Waals surface area (Å²) in [7, 11) is 0. The summed E-state index contributed by atoms with van der Waals surface area (Å²) >= 11 is 0. The van der Waals surface area contributed by atoms with Crippen LogP contribution >= 0.6 is 0 Å². The van der Waals surface area contributed by atoms with E-state index in [4.69, 9.17) is 14.2 Å². The van der Waals surface area contributed by atoms with Gasteiger partial charge in [-0.05, 0) is 26.2 Å². The van der Waals surface area contributed by atoms with Crippen LogP contribution in [-0.4, -0.2) is 31.6 Å². The van der Waals surface area contributed by atoms with E-state index in [1.54, 1.807) is 6.92 Å². The van der Waals surface area contributed by atoms with E-state index < -0.39 is 5.79 Å². The fourth-order valence-electron chi connectivity index (χ4n) is 2.04. The van der Waals surface area contributed by atoms with Crippen LogP contribution in [-0.2, 0) is 19.0 Å². The van der Waals surface area contributed by atoms with E-state index in [9.17, 15) is 4.79 Å². The number of carbonyl (C=O) groups excluding carboxylic acids is 1. The lowest BCUT2D eigenvalue weighted by molar-refractivity contribution is -0.311. The summed E-state index contributed by atoms with van der Waals surface area (Å²) in [6, 6.07) is 0. The topological polar surface area (TPSA) is 44.8 Å². The molecule has 0 aliphatic carbocycles. The largest absolute Gasteiger partial charge is 0.462 e. The number of esters is 1. The average Bonchev–Trinajstić information content (AvgIpc) is 2.45. The fraction of sp³-hybridized carbons (Fsp3) is 0.800. The normalized spacial score (nSPS) is 20.8. The summed E-state index contributed by atoms with van der Waals surface area (Å²) in [5.41, 5.74) is 0.180. The van der Waals surface area contributed by atoms with Gasteiger partial charge in [0.05, 0.1) is 18.6 Å². The van der Waals surface area contributed by atoms with Gasteiger partial charge in [0.15, 0.2) is 5.79 Å². The predicted octanol–water partition coefficient (Wildman–Crippen LogP) is 3.07. The molecule has 4 heteroatoms. The zero-order valence-corrected chi connectivity index (χ0v) is 12.6. The van der Waals surface area contributed by atoms with E-state index in [-0.39, 0.29) is 11.4 Å². The highest BCUT2D eigenvalue weighted by atomic mass is 16.7. The van der Waals surface area contributed by atoms with Crippen molar-refractivity contribution in [2.24, 2.45) is 5.41 Å². The number of rotatable bonds is 6. The van der Waals surface area contributed by atoms with Crippen molar-refractivity contribution >= 4 is 5.97 Å². The van der Waals surface area contributed by atoms with Crippen LogP contribution < -0.4 is 0 Å². The van der Waals surface area contributed by atoms with Crippen molar-refractivity contribution in [2.75, 3.05) is 19.8 Å². The molecule has 1 fully saturated rings. The highest BCUT2D eigenvalue weighted by Crippen LogP contribution is 2.36. The standard InChI is InChI=1S/C15H26O4/c1-6-14(9-17-13(16)12(4)5)10-18-15(7-2,8-3)19-11-14/h4,6-11H2,1-3,5H3. The lowest BCUT2D eigenvalue weighted by Crippen LogP contribution is -2.51. The molecule has 0 bridgehead atoms. The van der Waals surface area contributed by atoms with Crippen LogP contribution in [0.4, 0.5) is 0 Å². The Hall–Kier alpha value is -0.870. The van der Waals surface area contributed by atoms with Crippen LogP contribution in [0.1, 0.15) is 47.0 Å². The molecule has 1 saturated heterocycles. The number of hydrogen-bond acceptors (Lipinski definition) is 4. The number of carbonyl (C=O) groups is 1. The average molecular weight is 270 g/mol. The van der Waals surface area contributed by atoms with Crippen molar-refractivity contribution in [2.45, 2.75) is 52.7 Å². The van der Waals surface area contributed by atoms with E-state index >= 15 is 0 Å². The van der Waals surface area contributed by atoms with Gasteiger partial charge in [0.2, 0.25) is 0 Å². The van der Waals surface area contributed by atoms with Gasteiger partial charge in [-0.1, -0.05) is 27.4 Å². The van der Waals surface area contributed by atoms with E-state index in [1.165, 1.54) is 0 Å². The van der Waals surface area contributed by atoms with E-state index in [2.05, 4.69) is 27.4 Å². The second-order valence-electron chi connectivity index (χ2n) is 5.41. The van der Waals surface area contributed by atoms with E-state index in [0.717, 1.165) is 19.3 Å². The lowest BCUT2D eigenvalue weighted by Gasteiger charge is -2.45. The van der Waals surface area contributed by atoms with Gasteiger partial charge in [0, 0.05) is 5.57 Å². The van der Waals surface area contributed by atoms with Crippen LogP contribution in [0.15, 0.2) is 12.2 Å². The van der Waals surface area contributed by atoms with Gasteiger partial charge in [-0.2, -0.15) is 0 Å². The Labute approximate surface area is 116 Å². The zero-order valence-electron chi connectivity index (χ0n) is 12.6. The Morgan fingerprint density at radius 2 is 1.68 bits per heavy atom.